The van der Waals surface area contributed by atoms with Gasteiger partial charge in [-0.25, -0.2) is 8.42 Å². The molecule has 3 aromatic rings. The molecule has 2 fully saturated rings. The third-order valence-corrected chi connectivity index (χ3v) is 10.9. The fourth-order valence-electron chi connectivity index (χ4n) is 5.58. The summed E-state index contributed by atoms with van der Waals surface area (Å²) in [5.74, 6) is -3.89. The van der Waals surface area contributed by atoms with E-state index in [4.69, 9.17) is 22.1 Å². The predicted octanol–water partition coefficient (Wildman–Crippen LogP) is 6.42. The van der Waals surface area contributed by atoms with Crippen molar-refractivity contribution in [1.29, 1.82) is 0 Å². The number of carbonyl (C=O) groups is 1. The van der Waals surface area contributed by atoms with Gasteiger partial charge in [-0.1, -0.05) is 55.1 Å². The average molecular weight is 652 g/mol. The van der Waals surface area contributed by atoms with Crippen molar-refractivity contribution in [3.63, 3.8) is 0 Å². The van der Waals surface area contributed by atoms with Crippen molar-refractivity contribution >= 4 is 38.9 Å². The molecule has 1 amide bonds. The van der Waals surface area contributed by atoms with Crippen molar-refractivity contribution < 1.29 is 26.7 Å². The number of amides is 1. The van der Waals surface area contributed by atoms with Crippen LogP contribution in [-0.2, 0) is 20.7 Å². The highest BCUT2D eigenvalue weighted by Crippen LogP contribution is 2.37. The number of thiophene rings is 1. The summed E-state index contributed by atoms with van der Waals surface area (Å²) < 4.78 is 67.7. The van der Waals surface area contributed by atoms with Gasteiger partial charge in [-0.2, -0.15) is 13.5 Å². The predicted molar refractivity (Wildman–Crippen MR) is 165 cm³/mol. The SMILES string of the molecule is NC1CCN(C(=O)[C@@H](NS(=O)(=O)c2ccc(OCC3CCCCC3)cc2)C(F)(F)c2ccc(-c3ccc(Cl)s3)cc2)CC1. The lowest BCUT2D eigenvalue weighted by Crippen LogP contribution is -2.57. The topological polar surface area (TPSA) is 102 Å². The Balaban J connectivity index is 1.37. The Morgan fingerprint density at radius 1 is 1.00 bits per heavy atom. The maximum Gasteiger partial charge on any atom is 0.298 e. The summed E-state index contributed by atoms with van der Waals surface area (Å²) in [6, 6.07) is 12.1. The molecule has 43 heavy (non-hydrogen) atoms. The molecule has 1 aliphatic carbocycles. The number of nitrogens with one attached hydrogen (secondary N) is 1. The highest BCUT2D eigenvalue weighted by Gasteiger charge is 2.50. The number of piperidine rings is 1. The van der Waals surface area contributed by atoms with Crippen LogP contribution in [0.1, 0.15) is 50.5 Å². The van der Waals surface area contributed by atoms with Gasteiger partial charge in [0.05, 0.1) is 15.8 Å². The molecule has 1 atom stereocenters. The first-order chi connectivity index (χ1) is 20.5. The van der Waals surface area contributed by atoms with Gasteiger partial charge in [-0.05, 0) is 73.6 Å². The first kappa shape index (κ1) is 31.8. The number of carbonyl (C=O) groups excluding carboxylic acids is 1. The molecule has 1 saturated heterocycles. The number of benzene rings is 2. The van der Waals surface area contributed by atoms with Gasteiger partial charge in [0, 0.05) is 29.6 Å². The Labute approximate surface area is 260 Å². The Kier molecular flexibility index (Phi) is 10.1. The number of likely N-dealkylation sites (tertiary alicyclic amines) is 1. The molecule has 0 spiro atoms. The Hall–Kier alpha value is -2.57. The van der Waals surface area contributed by atoms with E-state index in [0.29, 0.717) is 41.0 Å². The van der Waals surface area contributed by atoms with Crippen LogP contribution in [0.2, 0.25) is 4.34 Å². The number of hydrogen-bond donors (Lipinski definition) is 2. The highest BCUT2D eigenvalue weighted by molar-refractivity contribution is 7.89. The lowest BCUT2D eigenvalue weighted by molar-refractivity contribution is -0.145. The van der Waals surface area contributed by atoms with Gasteiger partial charge in [0.1, 0.15) is 5.75 Å². The van der Waals surface area contributed by atoms with Crippen LogP contribution >= 0.6 is 22.9 Å². The van der Waals surface area contributed by atoms with Crippen LogP contribution in [0.25, 0.3) is 10.4 Å². The van der Waals surface area contributed by atoms with Gasteiger partial charge in [-0.15, -0.1) is 11.3 Å². The lowest BCUT2D eigenvalue weighted by Gasteiger charge is -2.35. The number of hydrogen-bond acceptors (Lipinski definition) is 6. The Morgan fingerprint density at radius 3 is 2.26 bits per heavy atom. The third-order valence-electron chi connectivity index (χ3n) is 8.21. The molecular weight excluding hydrogens is 616 g/mol. The molecule has 232 valence electrons. The fraction of sp³-hybridized carbons (Fsp3) is 0.452. The largest absolute Gasteiger partial charge is 0.493 e. The van der Waals surface area contributed by atoms with E-state index in [1.807, 2.05) is 0 Å². The summed E-state index contributed by atoms with van der Waals surface area (Å²) >= 11 is 7.33. The fourth-order valence-corrected chi connectivity index (χ4v) is 7.82. The number of halogens is 3. The molecule has 0 radical (unpaired) electrons. The maximum absolute atomic E-state index is 16.2. The monoisotopic (exact) mass is 651 g/mol. The van der Waals surface area contributed by atoms with Gasteiger partial charge in [0.25, 0.3) is 5.92 Å². The van der Waals surface area contributed by atoms with Crippen LogP contribution in [0.4, 0.5) is 8.78 Å². The Bertz CT molecular complexity index is 1490. The molecule has 0 unspecified atom stereocenters. The van der Waals surface area contributed by atoms with Crippen LogP contribution in [0, 0.1) is 5.92 Å². The zero-order valence-electron chi connectivity index (χ0n) is 23.7. The maximum atomic E-state index is 16.2. The summed E-state index contributed by atoms with van der Waals surface area (Å²) in [6.45, 7) is 0.879. The van der Waals surface area contributed by atoms with Crippen molar-refractivity contribution in [2.24, 2.45) is 11.7 Å². The van der Waals surface area contributed by atoms with Gasteiger partial charge in [0.2, 0.25) is 15.9 Å². The highest BCUT2D eigenvalue weighted by atomic mass is 35.5. The van der Waals surface area contributed by atoms with E-state index in [1.165, 1.54) is 84.0 Å². The van der Waals surface area contributed by atoms with E-state index >= 15 is 8.78 Å². The molecule has 1 aliphatic heterocycles. The third kappa shape index (κ3) is 7.75. The molecule has 3 N–H and O–H groups in total. The van der Waals surface area contributed by atoms with Gasteiger partial charge in [0.15, 0.2) is 6.04 Å². The number of ether oxygens (including phenoxy) is 1. The average Bonchev–Trinajstić information content (AvgIpc) is 3.46. The zero-order chi connectivity index (χ0) is 30.6. The summed E-state index contributed by atoms with van der Waals surface area (Å²) in [5, 5.41) is 0. The minimum absolute atomic E-state index is 0.142. The van der Waals surface area contributed by atoms with E-state index in [9.17, 15) is 13.2 Å². The molecule has 0 bridgehead atoms. The molecule has 7 nitrogen and oxygen atoms in total. The first-order valence-corrected chi connectivity index (χ1v) is 17.2. The van der Waals surface area contributed by atoms with E-state index < -0.39 is 33.5 Å². The number of nitrogens with zero attached hydrogens (tertiary/aromatic N) is 1. The van der Waals surface area contributed by atoms with E-state index in [-0.39, 0.29) is 24.0 Å². The number of rotatable bonds is 10. The van der Waals surface area contributed by atoms with Gasteiger partial charge in [-0.3, -0.25) is 4.79 Å². The normalized spacial score (nSPS) is 18.0. The molecule has 2 heterocycles. The second-order valence-electron chi connectivity index (χ2n) is 11.3. The first-order valence-electron chi connectivity index (χ1n) is 14.6. The second-order valence-corrected chi connectivity index (χ2v) is 14.7. The van der Waals surface area contributed by atoms with Crippen LogP contribution in [0.5, 0.6) is 5.75 Å². The molecule has 2 aliphatic rings. The summed E-state index contributed by atoms with van der Waals surface area (Å²) in [7, 11) is -4.52. The quantitative estimate of drug-likeness (QED) is 0.264. The van der Waals surface area contributed by atoms with E-state index in [1.54, 1.807) is 12.1 Å². The minimum Gasteiger partial charge on any atom is -0.493 e. The molecule has 2 aromatic carbocycles. The van der Waals surface area contributed by atoms with Crippen molar-refractivity contribution in [3.05, 3.63) is 70.6 Å². The summed E-state index contributed by atoms with van der Waals surface area (Å²) in [4.78, 5) is 15.4. The van der Waals surface area contributed by atoms with Gasteiger partial charge < -0.3 is 15.4 Å². The number of nitrogens with two attached hydrogens (primary N) is 1. The minimum atomic E-state index is -4.52. The van der Waals surface area contributed by atoms with Gasteiger partial charge >= 0.3 is 0 Å². The molecular formula is C31H36ClF2N3O4S2. The summed E-state index contributed by atoms with van der Waals surface area (Å²) in [6.07, 6.45) is 6.69. The van der Waals surface area contributed by atoms with Crippen LogP contribution in [-0.4, -0.2) is 51.0 Å². The smallest absolute Gasteiger partial charge is 0.298 e. The van der Waals surface area contributed by atoms with E-state index in [2.05, 4.69) is 4.72 Å². The number of sulfonamides is 1. The van der Waals surface area contributed by atoms with Crippen LogP contribution in [0.15, 0.2) is 65.6 Å². The molecule has 5 rings (SSSR count). The summed E-state index contributed by atoms with van der Waals surface area (Å²) in [5.41, 5.74) is 6.14. The van der Waals surface area contributed by atoms with Crippen LogP contribution < -0.4 is 15.2 Å². The number of alkyl halides is 2. The molecule has 12 heteroatoms. The van der Waals surface area contributed by atoms with Crippen molar-refractivity contribution in [3.8, 4) is 16.2 Å². The Morgan fingerprint density at radius 2 is 1.65 bits per heavy atom. The lowest BCUT2D eigenvalue weighted by atomic mass is 9.90. The van der Waals surface area contributed by atoms with Crippen molar-refractivity contribution in [2.75, 3.05) is 19.7 Å². The molecule has 1 saturated carbocycles. The molecule has 1 aromatic heterocycles. The second kappa shape index (κ2) is 13.6. The van der Waals surface area contributed by atoms with E-state index in [0.717, 1.165) is 17.7 Å². The van der Waals surface area contributed by atoms with Crippen molar-refractivity contribution in [2.45, 2.75) is 67.8 Å². The van der Waals surface area contributed by atoms with Crippen LogP contribution in [0.3, 0.4) is 0 Å². The van der Waals surface area contributed by atoms with Crippen molar-refractivity contribution in [1.82, 2.24) is 9.62 Å². The zero-order valence-corrected chi connectivity index (χ0v) is 26.1. The standard InChI is InChI=1S/C31H36ClF2N3O4S2/c32-28-15-14-27(42-28)22-6-8-23(9-7-22)31(33,34)29(30(38)37-18-16-24(35)17-19-37)36-43(39,40)26-12-10-25(11-13-26)41-20-21-4-2-1-3-5-21/h6-15,21,24,29,36H,1-5,16-20,35H2/t29-/m1/s1.